The smallest absolute Gasteiger partial charge is 0.306 e. The zero-order chi connectivity index (χ0) is 17.9. The van der Waals surface area contributed by atoms with Crippen LogP contribution in [0.25, 0.3) is 0 Å². The van der Waals surface area contributed by atoms with E-state index >= 15 is 0 Å². The number of halogens is 1. The van der Waals surface area contributed by atoms with Crippen molar-refractivity contribution in [3.05, 3.63) is 34.9 Å². The summed E-state index contributed by atoms with van der Waals surface area (Å²) in [6, 6.07) is 6.48. The molecule has 0 saturated heterocycles. The minimum absolute atomic E-state index is 0.0412. The van der Waals surface area contributed by atoms with Crippen LogP contribution in [0.3, 0.4) is 0 Å². The highest BCUT2D eigenvalue weighted by Gasteiger charge is 2.11. The van der Waals surface area contributed by atoms with E-state index in [0.29, 0.717) is 6.61 Å². The molecule has 0 spiro atoms. The van der Waals surface area contributed by atoms with Gasteiger partial charge in [0.25, 0.3) is 5.91 Å². The molecule has 24 heavy (non-hydrogen) atoms. The number of amides is 2. The number of hydrazine groups is 1. The highest BCUT2D eigenvalue weighted by molar-refractivity contribution is 7.80. The van der Waals surface area contributed by atoms with Crippen LogP contribution in [-0.4, -0.2) is 29.5 Å². The fraction of sp³-hybridized carbons (Fsp3) is 0.333. The maximum Gasteiger partial charge on any atom is 0.306 e. The van der Waals surface area contributed by atoms with E-state index in [1.54, 1.807) is 24.3 Å². The summed E-state index contributed by atoms with van der Waals surface area (Å²) in [7, 11) is 0. The maximum absolute atomic E-state index is 11.9. The molecule has 0 heterocycles. The van der Waals surface area contributed by atoms with Crippen molar-refractivity contribution < 1.29 is 19.1 Å². The van der Waals surface area contributed by atoms with E-state index in [0.717, 1.165) is 6.42 Å². The molecule has 0 radical (unpaired) electrons. The Labute approximate surface area is 150 Å². The molecule has 3 N–H and O–H groups in total. The summed E-state index contributed by atoms with van der Waals surface area (Å²) >= 11 is 10.8. The lowest BCUT2D eigenvalue weighted by Crippen LogP contribution is -2.48. The van der Waals surface area contributed by atoms with E-state index in [1.165, 1.54) is 0 Å². The molecule has 7 nitrogen and oxygen atoms in total. The van der Waals surface area contributed by atoms with Crippen molar-refractivity contribution in [2.75, 3.05) is 6.61 Å². The quantitative estimate of drug-likeness (QED) is 0.400. The van der Waals surface area contributed by atoms with Gasteiger partial charge in [-0.15, -0.1) is 0 Å². The molecule has 0 bridgehead atoms. The van der Waals surface area contributed by atoms with Crippen LogP contribution in [0, 0.1) is 0 Å². The second-order valence-electron chi connectivity index (χ2n) is 4.66. The monoisotopic (exact) mass is 371 g/mol. The van der Waals surface area contributed by atoms with E-state index in [4.69, 9.17) is 28.6 Å². The average molecular weight is 372 g/mol. The van der Waals surface area contributed by atoms with Crippen molar-refractivity contribution in [2.24, 2.45) is 0 Å². The molecule has 0 aliphatic heterocycles. The summed E-state index contributed by atoms with van der Waals surface area (Å²) in [5.41, 5.74) is 4.97. The molecule has 0 aliphatic carbocycles. The van der Waals surface area contributed by atoms with Crippen LogP contribution >= 0.6 is 23.8 Å². The number of hydrogen-bond acceptors (Lipinski definition) is 5. The van der Waals surface area contributed by atoms with Crippen LogP contribution in [0.1, 0.15) is 36.5 Å². The van der Waals surface area contributed by atoms with Crippen LogP contribution in [0.4, 0.5) is 0 Å². The number of hydrogen-bond donors (Lipinski definition) is 3. The van der Waals surface area contributed by atoms with Crippen molar-refractivity contribution in [2.45, 2.75) is 26.2 Å². The number of thiocarbonyl (C=S) groups is 1. The van der Waals surface area contributed by atoms with Crippen LogP contribution in [0.15, 0.2) is 24.3 Å². The van der Waals surface area contributed by atoms with Crippen molar-refractivity contribution in [3.8, 4) is 0 Å². The molecule has 0 fully saturated rings. The van der Waals surface area contributed by atoms with Crippen molar-refractivity contribution in [3.63, 3.8) is 0 Å². The summed E-state index contributed by atoms with van der Waals surface area (Å²) in [6.07, 6.45) is 0.611. The van der Waals surface area contributed by atoms with Gasteiger partial charge in [0.05, 0.1) is 23.6 Å². The third-order valence-electron chi connectivity index (χ3n) is 2.68. The van der Waals surface area contributed by atoms with Gasteiger partial charge in [0.2, 0.25) is 5.91 Å². The molecule has 0 saturated carbocycles. The molecule has 130 valence electrons. The number of carbonyl (C=O) groups is 3. The Morgan fingerprint density at radius 1 is 1.17 bits per heavy atom. The largest absolute Gasteiger partial charge is 0.466 e. The molecule has 1 aromatic carbocycles. The van der Waals surface area contributed by atoms with Gasteiger partial charge in [-0.25, -0.2) is 0 Å². The Morgan fingerprint density at radius 2 is 1.88 bits per heavy atom. The number of ether oxygens (including phenoxy) is 1. The highest BCUT2D eigenvalue weighted by Crippen LogP contribution is 2.13. The molecule has 1 rings (SSSR count). The average Bonchev–Trinajstić information content (AvgIpc) is 2.56. The number of carbonyl (C=O) groups excluding carboxylic acids is 3. The number of benzene rings is 1. The van der Waals surface area contributed by atoms with Crippen LogP contribution in [-0.2, 0) is 14.3 Å². The molecule has 0 aliphatic rings. The SMILES string of the molecule is CCCOC(=O)CCC(=O)NC(=S)NNC(=O)c1ccccc1Cl. The van der Waals surface area contributed by atoms with Gasteiger partial charge in [-0.05, 0) is 30.8 Å². The third-order valence-corrected chi connectivity index (χ3v) is 3.22. The second kappa shape index (κ2) is 10.6. The predicted molar refractivity (Wildman–Crippen MR) is 93.3 cm³/mol. The number of rotatable bonds is 6. The van der Waals surface area contributed by atoms with E-state index in [-0.39, 0.29) is 28.5 Å². The minimum atomic E-state index is -0.500. The number of esters is 1. The van der Waals surface area contributed by atoms with Gasteiger partial charge in [0.1, 0.15) is 0 Å². The van der Waals surface area contributed by atoms with Crippen molar-refractivity contribution in [1.29, 1.82) is 0 Å². The zero-order valence-electron chi connectivity index (χ0n) is 13.1. The van der Waals surface area contributed by atoms with Gasteiger partial charge in [-0.2, -0.15) is 0 Å². The van der Waals surface area contributed by atoms with E-state index in [2.05, 4.69) is 16.2 Å². The standard InChI is InChI=1S/C15H18ClN3O4S/c1-2-9-23-13(21)8-7-12(20)17-15(24)19-18-14(22)10-5-3-4-6-11(10)16/h3-6H,2,7-9H2,1H3,(H,18,22)(H2,17,19,20,24). The van der Waals surface area contributed by atoms with Gasteiger partial charge in [0, 0.05) is 6.42 Å². The van der Waals surface area contributed by atoms with Crippen LogP contribution < -0.4 is 16.2 Å². The first-order chi connectivity index (χ1) is 11.4. The molecule has 2 amide bonds. The van der Waals surface area contributed by atoms with E-state index < -0.39 is 17.8 Å². The lowest BCUT2D eigenvalue weighted by Gasteiger charge is -2.11. The van der Waals surface area contributed by atoms with Crippen molar-refractivity contribution in [1.82, 2.24) is 16.2 Å². The van der Waals surface area contributed by atoms with Gasteiger partial charge in [-0.3, -0.25) is 25.2 Å². The molecule has 0 atom stereocenters. The van der Waals surface area contributed by atoms with Gasteiger partial charge in [-0.1, -0.05) is 30.7 Å². The molecule has 0 unspecified atom stereocenters. The Kier molecular flexibility index (Phi) is 8.74. The molecule has 0 aromatic heterocycles. The summed E-state index contributed by atoms with van der Waals surface area (Å²) in [6.45, 7) is 2.20. The summed E-state index contributed by atoms with van der Waals surface area (Å²) < 4.78 is 4.85. The first kappa shape index (κ1) is 19.9. The first-order valence-electron chi connectivity index (χ1n) is 7.24. The zero-order valence-corrected chi connectivity index (χ0v) is 14.6. The fourth-order valence-electron chi connectivity index (χ4n) is 1.55. The molecule has 1 aromatic rings. The molecular formula is C15H18ClN3O4S. The lowest BCUT2D eigenvalue weighted by atomic mass is 10.2. The van der Waals surface area contributed by atoms with Gasteiger partial charge < -0.3 is 10.1 Å². The van der Waals surface area contributed by atoms with E-state index in [9.17, 15) is 14.4 Å². The van der Waals surface area contributed by atoms with Gasteiger partial charge >= 0.3 is 5.97 Å². The topological polar surface area (TPSA) is 96.5 Å². The Bertz CT molecular complexity index is 624. The lowest BCUT2D eigenvalue weighted by molar-refractivity contribution is -0.144. The summed E-state index contributed by atoms with van der Waals surface area (Å²) in [5, 5.41) is 2.53. The third kappa shape index (κ3) is 7.38. The maximum atomic E-state index is 11.9. The van der Waals surface area contributed by atoms with E-state index in [1.807, 2.05) is 6.92 Å². The Hall–Kier alpha value is -2.19. The second-order valence-corrected chi connectivity index (χ2v) is 5.47. The molecular weight excluding hydrogens is 354 g/mol. The normalized spacial score (nSPS) is 9.75. The van der Waals surface area contributed by atoms with Crippen molar-refractivity contribution >= 4 is 46.7 Å². The fourth-order valence-corrected chi connectivity index (χ4v) is 1.94. The summed E-state index contributed by atoms with van der Waals surface area (Å²) in [5.74, 6) is -1.41. The summed E-state index contributed by atoms with van der Waals surface area (Å²) in [4.78, 5) is 34.8. The first-order valence-corrected chi connectivity index (χ1v) is 8.03. The number of nitrogens with one attached hydrogen (secondary N) is 3. The Balaban J connectivity index is 2.31. The predicted octanol–water partition coefficient (Wildman–Crippen LogP) is 1.71. The highest BCUT2D eigenvalue weighted by atomic mass is 35.5. The van der Waals surface area contributed by atoms with Crippen LogP contribution in [0.5, 0.6) is 0 Å². The van der Waals surface area contributed by atoms with Crippen LogP contribution in [0.2, 0.25) is 5.02 Å². The molecule has 9 heteroatoms. The minimum Gasteiger partial charge on any atom is -0.466 e. The van der Waals surface area contributed by atoms with Gasteiger partial charge in [0.15, 0.2) is 5.11 Å². The Morgan fingerprint density at radius 3 is 2.54 bits per heavy atom.